The third-order valence-electron chi connectivity index (χ3n) is 4.02. The first-order chi connectivity index (χ1) is 13.8. The van der Waals surface area contributed by atoms with Gasteiger partial charge in [0.05, 0.1) is 25.6 Å². The third-order valence-corrected chi connectivity index (χ3v) is 5.85. The van der Waals surface area contributed by atoms with Crippen molar-refractivity contribution in [2.75, 3.05) is 14.2 Å². The van der Waals surface area contributed by atoms with E-state index in [0.29, 0.717) is 17.3 Å². The molecule has 0 aliphatic heterocycles. The van der Waals surface area contributed by atoms with E-state index in [1.54, 1.807) is 48.3 Å². The highest BCUT2D eigenvalue weighted by Gasteiger charge is 2.11. The average Bonchev–Trinajstić information content (AvgIpc) is 3.42. The summed E-state index contributed by atoms with van der Waals surface area (Å²) in [5.74, 6) is 2.11. The van der Waals surface area contributed by atoms with Crippen molar-refractivity contribution in [2.45, 2.75) is 10.9 Å². The number of thioether (sulfide) groups is 1. The highest BCUT2D eigenvalue weighted by Crippen LogP contribution is 2.34. The van der Waals surface area contributed by atoms with E-state index in [0.717, 1.165) is 27.1 Å². The lowest BCUT2D eigenvalue weighted by Crippen LogP contribution is -1.93. The quantitative estimate of drug-likeness (QED) is 0.412. The van der Waals surface area contributed by atoms with Gasteiger partial charge in [-0.25, -0.2) is 14.6 Å². The highest BCUT2D eigenvalue weighted by molar-refractivity contribution is 7.98. The van der Waals surface area contributed by atoms with Crippen LogP contribution in [0.15, 0.2) is 65.4 Å². The van der Waals surface area contributed by atoms with Crippen molar-refractivity contribution in [1.29, 1.82) is 0 Å². The van der Waals surface area contributed by atoms with Gasteiger partial charge in [-0.05, 0) is 30.3 Å². The molecule has 2 aromatic carbocycles. The van der Waals surface area contributed by atoms with Crippen LogP contribution in [-0.4, -0.2) is 34.0 Å². The Morgan fingerprint density at radius 1 is 1.04 bits per heavy atom. The van der Waals surface area contributed by atoms with E-state index < -0.39 is 0 Å². The molecule has 2 aromatic heterocycles. The average molecular weight is 411 g/mol. The molecule has 0 bridgehead atoms. The van der Waals surface area contributed by atoms with Crippen LogP contribution in [0.25, 0.3) is 16.3 Å². The molecule has 0 aliphatic carbocycles. The summed E-state index contributed by atoms with van der Waals surface area (Å²) >= 11 is 3.17. The smallest absolute Gasteiger partial charge is 0.209 e. The van der Waals surface area contributed by atoms with Crippen LogP contribution in [0.1, 0.15) is 5.69 Å². The molecular weight excluding hydrogens is 392 g/mol. The Balaban J connectivity index is 1.44. The van der Waals surface area contributed by atoms with Crippen molar-refractivity contribution in [3.63, 3.8) is 0 Å². The van der Waals surface area contributed by atoms with E-state index in [1.165, 1.54) is 0 Å². The van der Waals surface area contributed by atoms with Crippen LogP contribution in [0, 0.1) is 0 Å². The van der Waals surface area contributed by atoms with Crippen molar-refractivity contribution in [1.82, 2.24) is 19.7 Å². The molecule has 2 heterocycles. The number of ether oxygens (including phenoxy) is 2. The van der Waals surface area contributed by atoms with E-state index >= 15 is 0 Å². The summed E-state index contributed by atoms with van der Waals surface area (Å²) in [4.78, 5) is 9.10. The Morgan fingerprint density at radius 2 is 1.86 bits per heavy atom. The van der Waals surface area contributed by atoms with Gasteiger partial charge >= 0.3 is 0 Å². The van der Waals surface area contributed by atoms with E-state index in [9.17, 15) is 0 Å². The largest absolute Gasteiger partial charge is 0.493 e. The van der Waals surface area contributed by atoms with Gasteiger partial charge in [-0.3, -0.25) is 0 Å². The van der Waals surface area contributed by atoms with Gasteiger partial charge in [0.1, 0.15) is 11.3 Å². The number of hydrogen-bond acceptors (Lipinski definition) is 7. The Hall–Kier alpha value is -2.84. The van der Waals surface area contributed by atoms with Gasteiger partial charge in [0.25, 0.3) is 0 Å². The molecule has 6 nitrogen and oxygen atoms in total. The summed E-state index contributed by atoms with van der Waals surface area (Å²) in [6.07, 6.45) is 1.73. The number of aromatic nitrogens is 4. The molecule has 0 radical (unpaired) electrons. The van der Waals surface area contributed by atoms with Crippen molar-refractivity contribution >= 4 is 23.1 Å². The lowest BCUT2D eigenvalue weighted by Gasteiger charge is -2.08. The Kier molecular flexibility index (Phi) is 5.59. The maximum atomic E-state index is 5.38. The van der Waals surface area contributed by atoms with Crippen LogP contribution in [-0.2, 0) is 5.75 Å². The lowest BCUT2D eigenvalue weighted by molar-refractivity contribution is 0.355. The first-order valence-corrected chi connectivity index (χ1v) is 10.4. The van der Waals surface area contributed by atoms with Crippen molar-refractivity contribution in [2.24, 2.45) is 0 Å². The summed E-state index contributed by atoms with van der Waals surface area (Å²) < 4.78 is 12.4. The summed E-state index contributed by atoms with van der Waals surface area (Å²) in [6.45, 7) is 0. The van der Waals surface area contributed by atoms with Gasteiger partial charge < -0.3 is 9.47 Å². The third kappa shape index (κ3) is 4.02. The minimum absolute atomic E-state index is 0.696. The molecule has 0 aliphatic rings. The minimum atomic E-state index is 0.696. The Morgan fingerprint density at radius 3 is 2.64 bits per heavy atom. The molecule has 0 saturated heterocycles. The number of para-hydroxylation sites is 1. The summed E-state index contributed by atoms with van der Waals surface area (Å²) in [6, 6.07) is 15.8. The van der Waals surface area contributed by atoms with E-state index in [-0.39, 0.29) is 0 Å². The van der Waals surface area contributed by atoms with Crippen LogP contribution in [0.3, 0.4) is 0 Å². The monoisotopic (exact) mass is 410 g/mol. The predicted octanol–water partition coefficient (Wildman–Crippen LogP) is 4.70. The van der Waals surface area contributed by atoms with Gasteiger partial charge in [0, 0.05) is 16.7 Å². The second-order valence-corrected chi connectivity index (χ2v) is 7.61. The molecular formula is C20H18N4O2S2. The standard InChI is InChI=1S/C20H18N4O2S2/c1-25-17-9-8-14(10-18(17)26-2)19-22-15(11-27-19)12-28-20-21-13-24(23-20)16-6-4-3-5-7-16/h3-11,13H,12H2,1-2H3. The van der Waals surface area contributed by atoms with Crippen LogP contribution in [0.4, 0.5) is 0 Å². The van der Waals surface area contributed by atoms with Gasteiger partial charge in [0.15, 0.2) is 11.5 Å². The molecule has 0 unspecified atom stereocenters. The molecule has 142 valence electrons. The Bertz CT molecular complexity index is 1060. The predicted molar refractivity (Wildman–Crippen MR) is 112 cm³/mol. The second-order valence-electron chi connectivity index (χ2n) is 5.81. The minimum Gasteiger partial charge on any atom is -0.493 e. The Labute approximate surface area is 171 Å². The number of thiazole rings is 1. The van der Waals surface area contributed by atoms with Gasteiger partial charge in [0.2, 0.25) is 5.16 Å². The molecule has 28 heavy (non-hydrogen) atoms. The second kappa shape index (κ2) is 8.45. The number of nitrogens with zero attached hydrogens (tertiary/aromatic N) is 4. The van der Waals surface area contributed by atoms with Crippen LogP contribution >= 0.6 is 23.1 Å². The van der Waals surface area contributed by atoms with Gasteiger partial charge in [-0.15, -0.1) is 16.4 Å². The summed E-state index contributed by atoms with van der Waals surface area (Å²) in [5.41, 5.74) is 2.99. The molecule has 0 amide bonds. The number of methoxy groups -OCH3 is 2. The molecule has 0 spiro atoms. The van der Waals surface area contributed by atoms with Crippen molar-refractivity contribution in [3.8, 4) is 27.8 Å². The number of rotatable bonds is 7. The summed E-state index contributed by atoms with van der Waals surface area (Å²) in [7, 11) is 3.26. The van der Waals surface area contributed by atoms with Crippen LogP contribution < -0.4 is 9.47 Å². The normalized spacial score (nSPS) is 10.8. The first-order valence-electron chi connectivity index (χ1n) is 8.53. The maximum Gasteiger partial charge on any atom is 0.209 e. The zero-order valence-corrected chi connectivity index (χ0v) is 17.0. The molecule has 0 fully saturated rings. The fraction of sp³-hybridized carbons (Fsp3) is 0.150. The molecule has 0 saturated carbocycles. The van der Waals surface area contributed by atoms with Gasteiger partial charge in [-0.1, -0.05) is 30.0 Å². The van der Waals surface area contributed by atoms with Crippen molar-refractivity contribution in [3.05, 3.63) is 65.9 Å². The SMILES string of the molecule is COc1ccc(-c2nc(CSc3ncn(-c4ccccc4)n3)cs2)cc1OC. The number of hydrogen-bond donors (Lipinski definition) is 0. The first kappa shape index (κ1) is 18.5. The summed E-state index contributed by atoms with van der Waals surface area (Å²) in [5, 5.41) is 8.25. The molecule has 0 atom stereocenters. The fourth-order valence-corrected chi connectivity index (χ4v) is 4.25. The van der Waals surface area contributed by atoms with Crippen LogP contribution in [0.5, 0.6) is 11.5 Å². The van der Waals surface area contributed by atoms with Crippen LogP contribution in [0.2, 0.25) is 0 Å². The molecule has 8 heteroatoms. The van der Waals surface area contributed by atoms with Crippen molar-refractivity contribution < 1.29 is 9.47 Å². The molecule has 4 aromatic rings. The highest BCUT2D eigenvalue weighted by atomic mass is 32.2. The lowest BCUT2D eigenvalue weighted by atomic mass is 10.2. The zero-order chi connectivity index (χ0) is 19.3. The fourth-order valence-electron chi connectivity index (χ4n) is 2.63. The molecule has 0 N–H and O–H groups in total. The zero-order valence-electron chi connectivity index (χ0n) is 15.4. The van der Waals surface area contributed by atoms with E-state index in [2.05, 4.69) is 15.5 Å². The number of benzene rings is 2. The van der Waals surface area contributed by atoms with E-state index in [1.807, 2.05) is 48.5 Å². The van der Waals surface area contributed by atoms with E-state index in [4.69, 9.17) is 14.5 Å². The van der Waals surface area contributed by atoms with Gasteiger partial charge in [-0.2, -0.15) is 0 Å². The maximum absolute atomic E-state index is 5.38. The topological polar surface area (TPSA) is 62.1 Å². The molecule has 4 rings (SSSR count).